The molecule has 134 valence electrons. The molecule has 7 heteroatoms. The summed E-state index contributed by atoms with van der Waals surface area (Å²) in [5.41, 5.74) is 2.65. The molecule has 0 radical (unpaired) electrons. The number of nitrogens with zero attached hydrogens (tertiary/aromatic N) is 1. The van der Waals surface area contributed by atoms with Gasteiger partial charge in [0, 0.05) is 17.1 Å². The number of benzene rings is 2. The second kappa shape index (κ2) is 8.38. The van der Waals surface area contributed by atoms with Crippen LogP contribution in [-0.4, -0.2) is 22.2 Å². The van der Waals surface area contributed by atoms with Gasteiger partial charge in [0.25, 0.3) is 0 Å². The third-order valence-corrected chi connectivity index (χ3v) is 5.18. The van der Waals surface area contributed by atoms with Gasteiger partial charge in [-0.15, -0.1) is 0 Å². The Balaban J connectivity index is 1.59. The number of amidine groups is 1. The number of rotatable bonds is 5. The highest BCUT2D eigenvalue weighted by Crippen LogP contribution is 2.26. The molecule has 1 saturated heterocycles. The summed E-state index contributed by atoms with van der Waals surface area (Å²) in [6, 6.07) is 14.7. The van der Waals surface area contributed by atoms with E-state index in [1.54, 1.807) is 24.3 Å². The van der Waals surface area contributed by atoms with E-state index >= 15 is 0 Å². The Morgan fingerprint density at radius 1 is 1.19 bits per heavy atom. The Bertz CT molecular complexity index is 835. The van der Waals surface area contributed by atoms with E-state index < -0.39 is 5.25 Å². The smallest absolute Gasteiger partial charge is 0.240 e. The lowest BCUT2D eigenvalue weighted by atomic mass is 10.2. The van der Waals surface area contributed by atoms with Gasteiger partial charge in [0.1, 0.15) is 5.25 Å². The number of carbonyl (C=O) groups excluding carboxylic acids is 2. The van der Waals surface area contributed by atoms with Crippen molar-refractivity contribution in [1.29, 1.82) is 0 Å². The molecule has 1 atom stereocenters. The number of aryl methyl sites for hydroxylation is 1. The van der Waals surface area contributed by atoms with Gasteiger partial charge in [-0.25, -0.2) is 4.99 Å². The Hall–Kier alpha value is -2.31. The monoisotopic (exact) mass is 387 g/mol. The van der Waals surface area contributed by atoms with Gasteiger partial charge in [-0.3, -0.25) is 9.59 Å². The zero-order valence-corrected chi connectivity index (χ0v) is 15.7. The average molecular weight is 388 g/mol. The normalized spacial score (nSPS) is 18.0. The number of thioether (sulfide) groups is 1. The van der Waals surface area contributed by atoms with Crippen molar-refractivity contribution in [3.05, 3.63) is 59.1 Å². The van der Waals surface area contributed by atoms with Crippen LogP contribution in [0.5, 0.6) is 0 Å². The van der Waals surface area contributed by atoms with E-state index in [-0.39, 0.29) is 18.2 Å². The van der Waals surface area contributed by atoms with Gasteiger partial charge in [0.2, 0.25) is 11.8 Å². The van der Waals surface area contributed by atoms with Crippen molar-refractivity contribution in [2.45, 2.75) is 25.0 Å². The first kappa shape index (κ1) is 18.5. The number of aliphatic imine (C=N–C) groups is 1. The lowest BCUT2D eigenvalue weighted by molar-refractivity contribution is -0.122. The Labute approximate surface area is 161 Å². The second-order valence-corrected chi connectivity index (χ2v) is 7.42. The molecule has 1 aliphatic heterocycles. The van der Waals surface area contributed by atoms with E-state index in [1.165, 1.54) is 17.3 Å². The van der Waals surface area contributed by atoms with Crippen LogP contribution in [0, 0.1) is 0 Å². The standard InChI is InChI=1S/C19H18ClN3O2S/c1-2-12-3-7-15(8-4-12)22-19-23-18(25)16(26-19)11-17(24)21-14-9-5-13(20)6-10-14/h3-10,16H,2,11H2,1H3,(H,21,24)(H,22,23,25)/t16-/m0/s1. The van der Waals surface area contributed by atoms with Crippen molar-refractivity contribution in [1.82, 2.24) is 5.32 Å². The molecule has 2 N–H and O–H groups in total. The Morgan fingerprint density at radius 2 is 1.88 bits per heavy atom. The van der Waals surface area contributed by atoms with Crippen LogP contribution >= 0.6 is 23.4 Å². The molecule has 2 aromatic rings. The predicted molar refractivity (Wildman–Crippen MR) is 107 cm³/mol. The summed E-state index contributed by atoms with van der Waals surface area (Å²) in [5.74, 6) is -0.432. The number of anilines is 1. The lowest BCUT2D eigenvalue weighted by Crippen LogP contribution is -2.28. The minimum atomic E-state index is -0.490. The van der Waals surface area contributed by atoms with Crippen LogP contribution in [0.2, 0.25) is 5.02 Å². The Kier molecular flexibility index (Phi) is 5.96. The number of hydrogen-bond acceptors (Lipinski definition) is 4. The number of carbonyl (C=O) groups is 2. The minimum Gasteiger partial charge on any atom is -0.326 e. The molecule has 3 rings (SSSR count). The molecule has 5 nitrogen and oxygen atoms in total. The highest BCUT2D eigenvalue weighted by Gasteiger charge is 2.32. The van der Waals surface area contributed by atoms with Gasteiger partial charge >= 0.3 is 0 Å². The van der Waals surface area contributed by atoms with Crippen LogP contribution in [0.1, 0.15) is 18.9 Å². The fourth-order valence-corrected chi connectivity index (χ4v) is 3.54. The summed E-state index contributed by atoms with van der Waals surface area (Å²) in [4.78, 5) is 28.7. The summed E-state index contributed by atoms with van der Waals surface area (Å²) in [7, 11) is 0. The van der Waals surface area contributed by atoms with Gasteiger partial charge in [-0.1, -0.05) is 42.4 Å². The number of halogens is 1. The van der Waals surface area contributed by atoms with Crippen molar-refractivity contribution >= 4 is 51.7 Å². The maximum absolute atomic E-state index is 12.2. The fourth-order valence-electron chi connectivity index (χ4n) is 2.43. The molecule has 0 aromatic heterocycles. The highest BCUT2D eigenvalue weighted by molar-refractivity contribution is 8.15. The van der Waals surface area contributed by atoms with E-state index in [1.807, 2.05) is 24.3 Å². The van der Waals surface area contributed by atoms with Gasteiger partial charge in [0.15, 0.2) is 5.17 Å². The van der Waals surface area contributed by atoms with E-state index in [0.29, 0.717) is 15.9 Å². The summed E-state index contributed by atoms with van der Waals surface area (Å²) in [5, 5.41) is 6.12. The largest absolute Gasteiger partial charge is 0.326 e. The van der Waals surface area contributed by atoms with Gasteiger partial charge in [-0.2, -0.15) is 0 Å². The molecule has 26 heavy (non-hydrogen) atoms. The van der Waals surface area contributed by atoms with Gasteiger partial charge in [0.05, 0.1) is 5.69 Å². The molecule has 2 amide bonds. The van der Waals surface area contributed by atoms with E-state index in [9.17, 15) is 9.59 Å². The fraction of sp³-hybridized carbons (Fsp3) is 0.211. The third-order valence-electron chi connectivity index (χ3n) is 3.85. The Morgan fingerprint density at radius 3 is 2.54 bits per heavy atom. The van der Waals surface area contributed by atoms with Crippen LogP contribution in [0.15, 0.2) is 53.5 Å². The zero-order valence-electron chi connectivity index (χ0n) is 14.2. The molecule has 2 aromatic carbocycles. The molecule has 0 saturated carbocycles. The van der Waals surface area contributed by atoms with Crippen molar-refractivity contribution < 1.29 is 9.59 Å². The maximum atomic E-state index is 12.2. The van der Waals surface area contributed by atoms with Gasteiger partial charge < -0.3 is 10.6 Å². The van der Waals surface area contributed by atoms with Crippen molar-refractivity contribution in [3.8, 4) is 0 Å². The lowest BCUT2D eigenvalue weighted by Gasteiger charge is -2.07. The van der Waals surface area contributed by atoms with E-state index in [2.05, 4.69) is 22.5 Å². The zero-order chi connectivity index (χ0) is 18.5. The van der Waals surface area contributed by atoms with Crippen LogP contribution in [0.3, 0.4) is 0 Å². The highest BCUT2D eigenvalue weighted by atomic mass is 35.5. The molecule has 0 unspecified atom stereocenters. The summed E-state index contributed by atoms with van der Waals surface area (Å²) >= 11 is 7.09. The topological polar surface area (TPSA) is 70.6 Å². The van der Waals surface area contributed by atoms with Crippen molar-refractivity contribution in [2.75, 3.05) is 5.32 Å². The maximum Gasteiger partial charge on any atom is 0.240 e. The first-order chi connectivity index (χ1) is 12.5. The predicted octanol–water partition coefficient (Wildman–Crippen LogP) is 4.15. The van der Waals surface area contributed by atoms with E-state index in [4.69, 9.17) is 11.6 Å². The van der Waals surface area contributed by atoms with Crippen LogP contribution < -0.4 is 10.6 Å². The summed E-state index contributed by atoms with van der Waals surface area (Å²) in [6.45, 7) is 2.09. The van der Waals surface area contributed by atoms with Crippen LogP contribution in [-0.2, 0) is 16.0 Å². The number of hydrogen-bond donors (Lipinski definition) is 2. The first-order valence-corrected chi connectivity index (χ1v) is 9.50. The quantitative estimate of drug-likeness (QED) is 0.809. The number of nitrogens with one attached hydrogen (secondary N) is 2. The number of amides is 2. The summed E-state index contributed by atoms with van der Waals surface area (Å²) < 4.78 is 0. The molecular formula is C19H18ClN3O2S. The average Bonchev–Trinajstić information content (AvgIpc) is 2.96. The minimum absolute atomic E-state index is 0.0763. The first-order valence-electron chi connectivity index (χ1n) is 8.24. The SMILES string of the molecule is CCc1ccc(N=C2NC(=O)[C@H](CC(=O)Nc3ccc(Cl)cc3)S2)cc1. The third kappa shape index (κ3) is 4.86. The molecule has 1 aliphatic rings. The molecule has 1 heterocycles. The molecule has 0 aliphatic carbocycles. The van der Waals surface area contributed by atoms with Crippen molar-refractivity contribution in [2.24, 2.45) is 4.99 Å². The summed E-state index contributed by atoms with van der Waals surface area (Å²) in [6.07, 6.45) is 1.04. The van der Waals surface area contributed by atoms with Crippen molar-refractivity contribution in [3.63, 3.8) is 0 Å². The van der Waals surface area contributed by atoms with Crippen LogP contribution in [0.25, 0.3) is 0 Å². The molecular weight excluding hydrogens is 370 g/mol. The molecule has 0 bridgehead atoms. The molecule has 0 spiro atoms. The molecule has 1 fully saturated rings. The van der Waals surface area contributed by atoms with Crippen LogP contribution in [0.4, 0.5) is 11.4 Å². The van der Waals surface area contributed by atoms with E-state index in [0.717, 1.165) is 12.1 Å². The second-order valence-electron chi connectivity index (χ2n) is 5.79. The van der Waals surface area contributed by atoms with Gasteiger partial charge in [-0.05, 0) is 48.4 Å².